The minimum Gasteiger partial charge on any atom is -0.496 e. The summed E-state index contributed by atoms with van der Waals surface area (Å²) in [5.74, 6) is 2.41. The van der Waals surface area contributed by atoms with Crippen LogP contribution in [0.2, 0.25) is 0 Å². The number of alkyl halides is 1. The van der Waals surface area contributed by atoms with Crippen LogP contribution in [-0.2, 0) is 6.42 Å². The molecule has 0 fully saturated rings. The van der Waals surface area contributed by atoms with Crippen molar-refractivity contribution in [2.45, 2.75) is 11.2 Å². The van der Waals surface area contributed by atoms with Crippen LogP contribution in [0.4, 0.5) is 0 Å². The summed E-state index contributed by atoms with van der Waals surface area (Å²) in [6, 6.07) is 8.06. The number of hydrogen-bond acceptors (Lipinski definition) is 4. The molecule has 0 amide bonds. The Morgan fingerprint density at radius 2 is 1.80 bits per heavy atom. The normalized spacial score (nSPS) is 12.0. The lowest BCUT2D eigenvalue weighted by Crippen LogP contribution is -1.96. The van der Waals surface area contributed by atoms with Crippen LogP contribution < -0.4 is 14.2 Å². The van der Waals surface area contributed by atoms with Gasteiger partial charge in [-0.2, -0.15) is 0 Å². The first-order chi connectivity index (χ1) is 9.67. The molecule has 0 saturated heterocycles. The molecule has 108 valence electrons. The highest BCUT2D eigenvalue weighted by Crippen LogP contribution is 2.36. The summed E-state index contributed by atoms with van der Waals surface area (Å²) >= 11 is 5.42. The van der Waals surface area contributed by atoms with Crippen molar-refractivity contribution in [1.29, 1.82) is 0 Å². The molecule has 20 heavy (non-hydrogen) atoms. The van der Waals surface area contributed by atoms with Gasteiger partial charge in [0.25, 0.3) is 0 Å². The van der Waals surface area contributed by atoms with Gasteiger partial charge in [-0.15, -0.1) is 11.3 Å². The maximum atomic E-state index is 5.33. The minimum atomic E-state index is 0.259. The van der Waals surface area contributed by atoms with E-state index in [2.05, 4.69) is 28.1 Å². The molecule has 0 radical (unpaired) electrons. The molecule has 0 N–H and O–H groups in total. The Bertz CT molecular complexity index is 568. The van der Waals surface area contributed by atoms with Crippen LogP contribution in [0.25, 0.3) is 0 Å². The number of benzene rings is 1. The molecule has 0 bridgehead atoms. The Hall–Kier alpha value is -1.20. The molecule has 3 nitrogen and oxygen atoms in total. The van der Waals surface area contributed by atoms with Crippen molar-refractivity contribution >= 4 is 27.3 Å². The molecular formula is C15H17BrO3S. The van der Waals surface area contributed by atoms with Gasteiger partial charge in [0, 0.05) is 10.3 Å². The molecule has 1 aromatic heterocycles. The molecule has 0 spiro atoms. The Morgan fingerprint density at radius 3 is 2.40 bits per heavy atom. The van der Waals surface area contributed by atoms with E-state index in [0.29, 0.717) is 0 Å². The summed E-state index contributed by atoms with van der Waals surface area (Å²) in [7, 11) is 4.98. The second-order valence-corrected chi connectivity index (χ2v) is 6.30. The van der Waals surface area contributed by atoms with Crippen molar-refractivity contribution in [1.82, 2.24) is 0 Å². The fourth-order valence-corrected chi connectivity index (χ4v) is 3.58. The van der Waals surface area contributed by atoms with Gasteiger partial charge in [-0.05, 0) is 30.2 Å². The third kappa shape index (κ3) is 3.46. The molecule has 1 unspecified atom stereocenters. The van der Waals surface area contributed by atoms with E-state index < -0.39 is 0 Å². The third-order valence-corrected chi connectivity index (χ3v) is 5.15. The molecule has 1 heterocycles. The molecule has 1 aromatic carbocycles. The van der Waals surface area contributed by atoms with Crippen molar-refractivity contribution in [3.8, 4) is 17.2 Å². The highest BCUT2D eigenvalue weighted by molar-refractivity contribution is 9.09. The molecule has 2 aromatic rings. The second-order valence-electron chi connectivity index (χ2n) is 4.25. The topological polar surface area (TPSA) is 27.7 Å². The van der Waals surface area contributed by atoms with Crippen molar-refractivity contribution in [2.75, 3.05) is 21.3 Å². The molecule has 0 aliphatic rings. The first kappa shape index (κ1) is 15.2. The lowest BCUT2D eigenvalue weighted by Gasteiger charge is -2.11. The van der Waals surface area contributed by atoms with Gasteiger partial charge in [0.15, 0.2) is 11.5 Å². The zero-order valence-corrected chi connectivity index (χ0v) is 14.1. The predicted octanol–water partition coefficient (Wildman–Crippen LogP) is 4.45. The zero-order valence-electron chi connectivity index (χ0n) is 11.7. The van der Waals surface area contributed by atoms with Crippen molar-refractivity contribution in [3.05, 3.63) is 40.1 Å². The van der Waals surface area contributed by atoms with Crippen LogP contribution in [0.15, 0.2) is 29.6 Å². The van der Waals surface area contributed by atoms with E-state index in [4.69, 9.17) is 14.2 Å². The Morgan fingerprint density at radius 1 is 1.05 bits per heavy atom. The van der Waals surface area contributed by atoms with E-state index in [1.54, 1.807) is 32.7 Å². The molecule has 5 heteroatoms. The van der Waals surface area contributed by atoms with Crippen molar-refractivity contribution < 1.29 is 14.2 Å². The fourth-order valence-electron chi connectivity index (χ4n) is 1.92. The molecule has 2 rings (SSSR count). The summed E-state index contributed by atoms with van der Waals surface area (Å²) in [5.41, 5.74) is 1.19. The lowest BCUT2D eigenvalue weighted by atomic mass is 10.1. The summed E-state index contributed by atoms with van der Waals surface area (Å²) in [6.45, 7) is 0. The Kier molecular flexibility index (Phi) is 5.31. The number of thiophene rings is 1. The predicted molar refractivity (Wildman–Crippen MR) is 85.8 cm³/mol. The number of methoxy groups -OCH3 is 3. The highest BCUT2D eigenvalue weighted by atomic mass is 79.9. The van der Waals surface area contributed by atoms with Gasteiger partial charge in [-0.1, -0.05) is 22.0 Å². The van der Waals surface area contributed by atoms with Crippen LogP contribution >= 0.6 is 27.3 Å². The number of hydrogen-bond donors (Lipinski definition) is 0. The summed E-state index contributed by atoms with van der Waals surface area (Å²) in [4.78, 5) is 1.51. The molecular weight excluding hydrogens is 340 g/mol. The molecule has 0 aliphatic heterocycles. The molecule has 1 atom stereocenters. The van der Waals surface area contributed by atoms with E-state index in [0.717, 1.165) is 23.7 Å². The van der Waals surface area contributed by atoms with E-state index in [9.17, 15) is 0 Å². The number of ether oxygens (including phenoxy) is 3. The average molecular weight is 357 g/mol. The third-order valence-electron chi connectivity index (χ3n) is 3.00. The van der Waals surface area contributed by atoms with Crippen LogP contribution in [0.3, 0.4) is 0 Å². The van der Waals surface area contributed by atoms with E-state index in [1.807, 2.05) is 17.5 Å². The molecule has 0 saturated carbocycles. The standard InChI is InChI=1S/C15H17BrO3S/c1-17-11-8-15(20-9-11)12(16)6-10-4-5-13(18-2)14(7-10)19-3/h4-5,7-9,12H,6H2,1-3H3. The number of rotatable bonds is 6. The lowest BCUT2D eigenvalue weighted by molar-refractivity contribution is 0.354. The highest BCUT2D eigenvalue weighted by Gasteiger charge is 2.13. The first-order valence-corrected chi connectivity index (χ1v) is 7.95. The van der Waals surface area contributed by atoms with Crippen LogP contribution in [-0.4, -0.2) is 21.3 Å². The molecule has 0 aliphatic carbocycles. The fraction of sp³-hybridized carbons (Fsp3) is 0.333. The Balaban J connectivity index is 2.12. The number of halogens is 1. The quantitative estimate of drug-likeness (QED) is 0.715. The van der Waals surface area contributed by atoms with Gasteiger partial charge in [0.2, 0.25) is 0 Å². The second kappa shape index (κ2) is 6.99. The van der Waals surface area contributed by atoms with Crippen molar-refractivity contribution in [3.63, 3.8) is 0 Å². The largest absolute Gasteiger partial charge is 0.496 e. The van der Waals surface area contributed by atoms with Gasteiger partial charge >= 0.3 is 0 Å². The van der Waals surface area contributed by atoms with E-state index >= 15 is 0 Å². The Labute approximate surface area is 131 Å². The van der Waals surface area contributed by atoms with Crippen LogP contribution in [0.5, 0.6) is 17.2 Å². The summed E-state index contributed by atoms with van der Waals surface area (Å²) in [6.07, 6.45) is 0.879. The van der Waals surface area contributed by atoms with Crippen LogP contribution in [0, 0.1) is 0 Å². The maximum absolute atomic E-state index is 5.33. The van der Waals surface area contributed by atoms with Gasteiger partial charge in [0.1, 0.15) is 5.75 Å². The first-order valence-electron chi connectivity index (χ1n) is 6.15. The summed E-state index contributed by atoms with van der Waals surface area (Å²) in [5, 5.41) is 2.01. The van der Waals surface area contributed by atoms with E-state index in [-0.39, 0.29) is 4.83 Å². The maximum Gasteiger partial charge on any atom is 0.160 e. The van der Waals surface area contributed by atoms with Gasteiger partial charge in [0.05, 0.1) is 26.2 Å². The summed E-state index contributed by atoms with van der Waals surface area (Å²) < 4.78 is 15.8. The van der Waals surface area contributed by atoms with Crippen molar-refractivity contribution in [2.24, 2.45) is 0 Å². The van der Waals surface area contributed by atoms with Gasteiger partial charge in [-0.25, -0.2) is 0 Å². The van der Waals surface area contributed by atoms with E-state index in [1.165, 1.54) is 10.4 Å². The smallest absolute Gasteiger partial charge is 0.160 e. The van der Waals surface area contributed by atoms with Gasteiger partial charge < -0.3 is 14.2 Å². The van der Waals surface area contributed by atoms with Crippen LogP contribution in [0.1, 0.15) is 15.3 Å². The zero-order chi connectivity index (χ0) is 14.5. The monoisotopic (exact) mass is 356 g/mol. The SMILES string of the molecule is COc1csc(C(Br)Cc2ccc(OC)c(OC)c2)c1. The minimum absolute atomic E-state index is 0.259. The average Bonchev–Trinajstić information content (AvgIpc) is 2.96. The van der Waals surface area contributed by atoms with Gasteiger partial charge in [-0.3, -0.25) is 0 Å².